The van der Waals surface area contributed by atoms with E-state index in [1.807, 2.05) is 0 Å². The minimum absolute atomic E-state index is 0.0294. The Kier molecular flexibility index (Phi) is 4.92. The maximum Gasteiger partial charge on any atom is 0.223 e. The first kappa shape index (κ1) is 22.1. The first-order valence-electron chi connectivity index (χ1n) is 10.3. The third-order valence-corrected chi connectivity index (χ3v) is 9.39. The first-order valence-corrected chi connectivity index (χ1v) is 11.3. The van der Waals surface area contributed by atoms with Gasteiger partial charge in [-0.15, -0.1) is 0 Å². The van der Waals surface area contributed by atoms with Crippen LogP contribution in [0.25, 0.3) is 0 Å². The number of carbonyl (C=O) groups is 2. The number of aliphatic hydroxyl groups excluding tert-OH is 1. The molecule has 30 heavy (non-hydrogen) atoms. The monoisotopic (exact) mass is 444 g/mol. The molecule has 0 heterocycles. The number of fused-ring (bicyclic) bond motifs is 5. The fourth-order valence-corrected chi connectivity index (χ4v) is 7.89. The smallest absolute Gasteiger partial charge is 0.223 e. The summed E-state index contributed by atoms with van der Waals surface area (Å²) in [4.78, 5) is 24.6. The normalized spacial score (nSPS) is 52.3. The summed E-state index contributed by atoms with van der Waals surface area (Å²) in [5, 5.41) is 21.9. The Balaban J connectivity index is 1.84. The van der Waals surface area contributed by atoms with E-state index in [4.69, 9.17) is 0 Å². The van der Waals surface area contributed by atoms with Crippen molar-refractivity contribution in [2.75, 3.05) is 6.01 Å². The van der Waals surface area contributed by atoms with Crippen LogP contribution in [0.3, 0.4) is 0 Å². The predicted molar refractivity (Wildman–Crippen MR) is 107 cm³/mol. The molecule has 4 aliphatic rings. The van der Waals surface area contributed by atoms with Crippen molar-refractivity contribution >= 4 is 22.7 Å². The van der Waals surface area contributed by atoms with E-state index in [2.05, 4.69) is 0 Å². The van der Waals surface area contributed by atoms with E-state index in [1.54, 1.807) is 13.8 Å². The molecule has 0 bridgehead atoms. The molecule has 8 heteroatoms. The number of carbonyl (C=O) groups excluding carboxylic acids is 2. The van der Waals surface area contributed by atoms with Crippen LogP contribution in [0.1, 0.15) is 40.0 Å². The molecular weight excluding hydrogens is 417 g/mol. The zero-order valence-electron chi connectivity index (χ0n) is 17.2. The van der Waals surface area contributed by atoms with E-state index in [0.29, 0.717) is 11.8 Å². The lowest BCUT2D eigenvalue weighted by Crippen LogP contribution is -2.70. The molecule has 4 nitrogen and oxygen atoms in total. The van der Waals surface area contributed by atoms with Gasteiger partial charge in [0.25, 0.3) is 0 Å². The average molecular weight is 445 g/mol. The van der Waals surface area contributed by atoms with Gasteiger partial charge in [0.05, 0.1) is 6.10 Å². The molecule has 0 saturated heterocycles. The summed E-state index contributed by atoms with van der Waals surface area (Å²) < 4.78 is 45.1. The van der Waals surface area contributed by atoms with Gasteiger partial charge in [0.1, 0.15) is 17.8 Å². The Morgan fingerprint density at radius 3 is 2.60 bits per heavy atom. The number of hydrogen-bond donors (Lipinski definition) is 2. The van der Waals surface area contributed by atoms with Gasteiger partial charge in [-0.3, -0.25) is 9.59 Å². The van der Waals surface area contributed by atoms with Crippen molar-refractivity contribution < 1.29 is 33.0 Å². The molecule has 3 fully saturated rings. The molecule has 9 atom stereocenters. The summed E-state index contributed by atoms with van der Waals surface area (Å²) in [5.41, 5.74) is -6.91. The molecule has 0 aromatic rings. The molecule has 166 valence electrons. The summed E-state index contributed by atoms with van der Waals surface area (Å²) in [7, 11) is 0. The van der Waals surface area contributed by atoms with Crippen LogP contribution < -0.4 is 0 Å². The third-order valence-electron chi connectivity index (χ3n) is 8.71. The first-order chi connectivity index (χ1) is 13.9. The van der Waals surface area contributed by atoms with Gasteiger partial charge in [-0.05, 0) is 55.7 Å². The van der Waals surface area contributed by atoms with Gasteiger partial charge in [-0.25, -0.2) is 13.2 Å². The fraction of sp³-hybridized carbons (Fsp3) is 0.727. The Hall–Kier alpha value is -1.12. The van der Waals surface area contributed by atoms with Gasteiger partial charge in [-0.2, -0.15) is 0 Å². The van der Waals surface area contributed by atoms with Crippen molar-refractivity contribution in [2.24, 2.45) is 28.6 Å². The topological polar surface area (TPSA) is 74.6 Å². The van der Waals surface area contributed by atoms with Crippen molar-refractivity contribution in [3.05, 3.63) is 23.8 Å². The number of thioether (sulfide) groups is 1. The summed E-state index contributed by atoms with van der Waals surface area (Å²) in [5.74, 6) is -2.57. The second-order valence-electron chi connectivity index (χ2n) is 9.80. The summed E-state index contributed by atoms with van der Waals surface area (Å²) in [6.07, 6.45) is 0.306. The fourth-order valence-electron chi connectivity index (χ4n) is 7.13. The zero-order chi connectivity index (χ0) is 22.3. The van der Waals surface area contributed by atoms with Gasteiger partial charge in [0, 0.05) is 16.7 Å². The highest BCUT2D eigenvalue weighted by molar-refractivity contribution is 8.13. The van der Waals surface area contributed by atoms with Crippen molar-refractivity contribution in [2.45, 2.75) is 63.6 Å². The van der Waals surface area contributed by atoms with Gasteiger partial charge < -0.3 is 10.2 Å². The van der Waals surface area contributed by atoms with Crippen molar-refractivity contribution in [3.8, 4) is 0 Å². The maximum absolute atomic E-state index is 16.9. The minimum atomic E-state index is -2.26. The van der Waals surface area contributed by atoms with Crippen LogP contribution in [0.4, 0.5) is 13.2 Å². The number of rotatable bonds is 2. The quantitative estimate of drug-likeness (QED) is 0.682. The van der Waals surface area contributed by atoms with Crippen molar-refractivity contribution in [1.82, 2.24) is 0 Å². The van der Waals surface area contributed by atoms with Gasteiger partial charge >= 0.3 is 0 Å². The highest BCUT2D eigenvalue weighted by Crippen LogP contribution is 2.71. The van der Waals surface area contributed by atoms with Crippen LogP contribution in [0, 0.1) is 28.6 Å². The second-order valence-corrected chi connectivity index (χ2v) is 10.7. The molecule has 0 aromatic carbocycles. The zero-order valence-corrected chi connectivity index (χ0v) is 18.0. The van der Waals surface area contributed by atoms with E-state index in [0.717, 1.165) is 6.08 Å². The molecule has 0 aromatic heterocycles. The second kappa shape index (κ2) is 6.69. The van der Waals surface area contributed by atoms with E-state index in [1.165, 1.54) is 19.1 Å². The van der Waals surface area contributed by atoms with Crippen LogP contribution in [0.15, 0.2) is 23.8 Å². The largest absolute Gasteiger partial charge is 0.390 e. The SMILES string of the molecule is C[C@@H]1C[C@H]2[C@@H]3C[C@H](F)C4=CC(=O)C=C[C@]4(C)C3(F)[C@@H](O)C[C@]2(C)[C@]1(O)C(=O)SCF. The van der Waals surface area contributed by atoms with Crippen LogP contribution in [-0.4, -0.2) is 50.7 Å². The summed E-state index contributed by atoms with van der Waals surface area (Å²) in [6, 6.07) is -0.995. The van der Waals surface area contributed by atoms with E-state index in [-0.39, 0.29) is 24.8 Å². The van der Waals surface area contributed by atoms with Crippen molar-refractivity contribution in [1.29, 1.82) is 0 Å². The Bertz CT molecular complexity index is 861. The summed E-state index contributed by atoms with van der Waals surface area (Å²) in [6.45, 7) is 4.79. The molecule has 1 unspecified atom stereocenters. The maximum atomic E-state index is 16.9. The molecule has 0 amide bonds. The van der Waals surface area contributed by atoms with E-state index < -0.39 is 69.0 Å². The Morgan fingerprint density at radius 2 is 1.97 bits per heavy atom. The lowest BCUT2D eigenvalue weighted by Gasteiger charge is -2.63. The Morgan fingerprint density at radius 1 is 1.30 bits per heavy atom. The average Bonchev–Trinajstić information content (AvgIpc) is 2.88. The van der Waals surface area contributed by atoms with E-state index >= 15 is 8.78 Å². The van der Waals surface area contributed by atoms with E-state index in [9.17, 15) is 24.2 Å². The molecule has 0 aliphatic heterocycles. The molecule has 3 saturated carbocycles. The molecule has 2 N–H and O–H groups in total. The highest BCUT2D eigenvalue weighted by Gasteiger charge is 2.76. The Labute approximate surface area is 178 Å². The van der Waals surface area contributed by atoms with Crippen LogP contribution in [-0.2, 0) is 9.59 Å². The molecular formula is C22H27F3O4S. The number of allylic oxidation sites excluding steroid dienone is 4. The predicted octanol–water partition coefficient (Wildman–Crippen LogP) is 3.47. The number of halogens is 3. The van der Waals surface area contributed by atoms with Crippen LogP contribution in [0.5, 0.6) is 0 Å². The van der Waals surface area contributed by atoms with Crippen LogP contribution >= 0.6 is 11.8 Å². The molecule has 0 spiro atoms. The highest BCUT2D eigenvalue weighted by atomic mass is 32.2. The molecule has 0 radical (unpaired) electrons. The third kappa shape index (κ3) is 2.39. The number of ketones is 1. The number of alkyl halides is 3. The van der Waals surface area contributed by atoms with Gasteiger partial charge in [0.15, 0.2) is 11.5 Å². The summed E-state index contributed by atoms with van der Waals surface area (Å²) >= 11 is 0.371. The van der Waals surface area contributed by atoms with Gasteiger partial charge in [-0.1, -0.05) is 31.7 Å². The lowest BCUT2D eigenvalue weighted by molar-refractivity contribution is -0.221. The van der Waals surface area contributed by atoms with Gasteiger partial charge in [0.2, 0.25) is 5.12 Å². The van der Waals surface area contributed by atoms with Crippen molar-refractivity contribution in [3.63, 3.8) is 0 Å². The van der Waals surface area contributed by atoms with Crippen LogP contribution in [0.2, 0.25) is 0 Å². The molecule has 4 aliphatic carbocycles. The number of aliphatic hydroxyl groups is 2. The number of hydrogen-bond acceptors (Lipinski definition) is 5. The lowest BCUT2D eigenvalue weighted by atomic mass is 9.44. The minimum Gasteiger partial charge on any atom is -0.390 e. The standard InChI is InChI=1S/C22H27F3O4S/c1-11-6-13-14-8-16(24)15-7-12(26)4-5-19(15,2)21(14,25)17(27)9-20(13,3)22(11,29)18(28)30-10-23/h4-5,7,11,13-14,16-17,27,29H,6,8-10H2,1-3H3/t11-,13+,14+,16+,17+,19+,20+,21?,22-/m1/s1. The molecule has 4 rings (SSSR count).